The average Bonchev–Trinajstić information content (AvgIpc) is 3.13. The highest BCUT2D eigenvalue weighted by atomic mass is 16.5. The van der Waals surface area contributed by atoms with Crippen LogP contribution in [0.1, 0.15) is 10.4 Å². The molecule has 0 aliphatic carbocycles. The SMILES string of the molecule is COc1ccc2[nH]cc(C(=O)Nc3ccccc3Oc3ccccc3)c2c1. The number of nitrogens with one attached hydrogen (secondary N) is 2. The lowest BCUT2D eigenvalue weighted by Crippen LogP contribution is -2.12. The number of aromatic nitrogens is 1. The van der Waals surface area contributed by atoms with Crippen LogP contribution in [0.2, 0.25) is 0 Å². The van der Waals surface area contributed by atoms with Gasteiger partial charge in [0.2, 0.25) is 0 Å². The second-order valence-corrected chi connectivity index (χ2v) is 5.98. The van der Waals surface area contributed by atoms with Crippen molar-refractivity contribution < 1.29 is 14.3 Å². The number of amides is 1. The summed E-state index contributed by atoms with van der Waals surface area (Å²) in [5.41, 5.74) is 2.01. The summed E-state index contributed by atoms with van der Waals surface area (Å²) in [6.45, 7) is 0. The molecule has 5 nitrogen and oxygen atoms in total. The van der Waals surface area contributed by atoms with Crippen LogP contribution in [0.15, 0.2) is 79.0 Å². The van der Waals surface area contributed by atoms with E-state index in [9.17, 15) is 4.79 Å². The third-order valence-electron chi connectivity index (χ3n) is 4.24. The van der Waals surface area contributed by atoms with Crippen molar-refractivity contribution in [2.45, 2.75) is 0 Å². The molecule has 0 aliphatic heterocycles. The van der Waals surface area contributed by atoms with Gasteiger partial charge in [0.05, 0.1) is 18.4 Å². The normalized spacial score (nSPS) is 10.6. The molecule has 0 radical (unpaired) electrons. The lowest BCUT2D eigenvalue weighted by atomic mass is 10.1. The van der Waals surface area contributed by atoms with Crippen LogP contribution in [0.25, 0.3) is 10.9 Å². The highest BCUT2D eigenvalue weighted by Crippen LogP contribution is 2.30. The number of carbonyl (C=O) groups is 1. The van der Waals surface area contributed by atoms with Crippen LogP contribution >= 0.6 is 0 Å². The third kappa shape index (κ3) is 3.48. The molecular weight excluding hydrogens is 340 g/mol. The molecule has 0 saturated carbocycles. The number of aromatic amines is 1. The van der Waals surface area contributed by atoms with Gasteiger partial charge in [0.25, 0.3) is 5.91 Å². The molecule has 0 saturated heterocycles. The van der Waals surface area contributed by atoms with Crippen molar-refractivity contribution in [2.75, 3.05) is 12.4 Å². The Morgan fingerprint density at radius 3 is 2.52 bits per heavy atom. The third-order valence-corrected chi connectivity index (χ3v) is 4.24. The number of H-pyrrole nitrogens is 1. The van der Waals surface area contributed by atoms with Gasteiger partial charge in [0, 0.05) is 17.1 Å². The summed E-state index contributed by atoms with van der Waals surface area (Å²) >= 11 is 0. The van der Waals surface area contributed by atoms with Gasteiger partial charge >= 0.3 is 0 Å². The van der Waals surface area contributed by atoms with Gasteiger partial charge in [-0.2, -0.15) is 0 Å². The zero-order chi connectivity index (χ0) is 18.6. The van der Waals surface area contributed by atoms with Crippen molar-refractivity contribution in [3.63, 3.8) is 0 Å². The molecule has 5 heteroatoms. The lowest BCUT2D eigenvalue weighted by molar-refractivity contribution is 0.102. The summed E-state index contributed by atoms with van der Waals surface area (Å²) in [6, 6.07) is 22.4. The largest absolute Gasteiger partial charge is 0.497 e. The quantitative estimate of drug-likeness (QED) is 0.514. The number of fused-ring (bicyclic) bond motifs is 1. The Balaban J connectivity index is 1.62. The molecule has 0 atom stereocenters. The minimum atomic E-state index is -0.224. The fourth-order valence-electron chi connectivity index (χ4n) is 2.88. The van der Waals surface area contributed by atoms with Gasteiger partial charge in [0.1, 0.15) is 11.5 Å². The summed E-state index contributed by atoms with van der Waals surface area (Å²) in [5.74, 6) is 1.76. The van der Waals surface area contributed by atoms with Gasteiger partial charge in [-0.3, -0.25) is 4.79 Å². The molecule has 1 aromatic heterocycles. The molecular formula is C22H18N2O3. The Labute approximate surface area is 156 Å². The van der Waals surface area contributed by atoms with E-state index in [0.717, 1.165) is 10.9 Å². The number of rotatable bonds is 5. The number of para-hydroxylation sites is 3. The number of anilines is 1. The molecule has 134 valence electrons. The maximum atomic E-state index is 12.9. The van der Waals surface area contributed by atoms with Crippen molar-refractivity contribution >= 4 is 22.5 Å². The van der Waals surface area contributed by atoms with Gasteiger partial charge in [-0.15, -0.1) is 0 Å². The highest BCUT2D eigenvalue weighted by molar-refractivity contribution is 6.13. The van der Waals surface area contributed by atoms with E-state index in [4.69, 9.17) is 9.47 Å². The van der Waals surface area contributed by atoms with Crippen molar-refractivity contribution in [3.05, 3.63) is 84.6 Å². The Morgan fingerprint density at radius 2 is 1.70 bits per heavy atom. The van der Waals surface area contributed by atoms with E-state index in [1.54, 1.807) is 13.3 Å². The van der Waals surface area contributed by atoms with Gasteiger partial charge in [0.15, 0.2) is 5.75 Å². The second kappa shape index (κ2) is 7.25. The van der Waals surface area contributed by atoms with E-state index in [2.05, 4.69) is 10.3 Å². The molecule has 2 N–H and O–H groups in total. The van der Waals surface area contributed by atoms with E-state index in [1.807, 2.05) is 72.8 Å². The molecule has 0 unspecified atom stereocenters. The van der Waals surface area contributed by atoms with E-state index in [-0.39, 0.29) is 5.91 Å². The topological polar surface area (TPSA) is 63.4 Å². The van der Waals surface area contributed by atoms with Gasteiger partial charge < -0.3 is 19.8 Å². The first-order valence-electron chi connectivity index (χ1n) is 8.53. The number of methoxy groups -OCH3 is 1. The van der Waals surface area contributed by atoms with E-state index >= 15 is 0 Å². The predicted molar refractivity (Wildman–Crippen MR) is 106 cm³/mol. The van der Waals surface area contributed by atoms with Crippen molar-refractivity contribution in [2.24, 2.45) is 0 Å². The maximum Gasteiger partial charge on any atom is 0.257 e. The minimum Gasteiger partial charge on any atom is -0.497 e. The number of hydrogen-bond acceptors (Lipinski definition) is 3. The molecule has 0 spiro atoms. The fraction of sp³-hybridized carbons (Fsp3) is 0.0455. The van der Waals surface area contributed by atoms with Crippen molar-refractivity contribution in [1.82, 2.24) is 4.98 Å². The Morgan fingerprint density at radius 1 is 0.926 bits per heavy atom. The molecule has 0 bridgehead atoms. The minimum absolute atomic E-state index is 0.224. The number of ether oxygens (including phenoxy) is 2. The van der Waals surface area contributed by atoms with E-state index in [1.165, 1.54) is 0 Å². The number of hydrogen-bond donors (Lipinski definition) is 2. The molecule has 0 fully saturated rings. The molecule has 1 heterocycles. The van der Waals surface area contributed by atoms with Crippen LogP contribution in [0.3, 0.4) is 0 Å². The first-order chi connectivity index (χ1) is 13.2. The van der Waals surface area contributed by atoms with Crippen LogP contribution < -0.4 is 14.8 Å². The van der Waals surface area contributed by atoms with E-state index in [0.29, 0.717) is 28.5 Å². The number of benzene rings is 3. The molecule has 4 rings (SSSR count). The molecule has 0 aliphatic rings. The summed E-state index contributed by atoms with van der Waals surface area (Å²) < 4.78 is 11.2. The highest BCUT2D eigenvalue weighted by Gasteiger charge is 2.15. The van der Waals surface area contributed by atoms with Crippen LogP contribution in [0.5, 0.6) is 17.2 Å². The molecule has 4 aromatic rings. The summed E-state index contributed by atoms with van der Waals surface area (Å²) in [6.07, 6.45) is 1.69. The summed E-state index contributed by atoms with van der Waals surface area (Å²) in [4.78, 5) is 16.0. The van der Waals surface area contributed by atoms with Crippen molar-refractivity contribution in [1.29, 1.82) is 0 Å². The molecule has 1 amide bonds. The van der Waals surface area contributed by atoms with Crippen LogP contribution in [0, 0.1) is 0 Å². The van der Waals surface area contributed by atoms with Crippen LogP contribution in [0.4, 0.5) is 5.69 Å². The Kier molecular flexibility index (Phi) is 4.49. The van der Waals surface area contributed by atoms with Crippen molar-refractivity contribution in [3.8, 4) is 17.2 Å². The first kappa shape index (κ1) is 16.7. The lowest BCUT2D eigenvalue weighted by Gasteiger charge is -2.12. The van der Waals surface area contributed by atoms with Crippen LogP contribution in [-0.4, -0.2) is 18.0 Å². The monoisotopic (exact) mass is 358 g/mol. The smallest absolute Gasteiger partial charge is 0.257 e. The Hall–Kier alpha value is -3.73. The fourth-order valence-corrected chi connectivity index (χ4v) is 2.88. The van der Waals surface area contributed by atoms with Crippen LogP contribution in [-0.2, 0) is 0 Å². The second-order valence-electron chi connectivity index (χ2n) is 5.98. The van der Waals surface area contributed by atoms with Gasteiger partial charge in [-0.25, -0.2) is 0 Å². The maximum absolute atomic E-state index is 12.9. The van der Waals surface area contributed by atoms with E-state index < -0.39 is 0 Å². The zero-order valence-electron chi connectivity index (χ0n) is 14.7. The predicted octanol–water partition coefficient (Wildman–Crippen LogP) is 5.22. The summed E-state index contributed by atoms with van der Waals surface area (Å²) in [5, 5.41) is 3.74. The first-order valence-corrected chi connectivity index (χ1v) is 8.53. The Bertz CT molecular complexity index is 1090. The summed E-state index contributed by atoms with van der Waals surface area (Å²) in [7, 11) is 1.60. The van der Waals surface area contributed by atoms with Gasteiger partial charge in [-0.05, 0) is 42.5 Å². The number of carbonyl (C=O) groups excluding carboxylic acids is 1. The molecule has 3 aromatic carbocycles. The standard InChI is InChI=1S/C22H18N2O3/c1-26-16-11-12-19-17(13-16)18(14-23-19)22(25)24-20-9-5-6-10-21(20)27-15-7-3-2-4-8-15/h2-14,23H,1H3,(H,24,25). The molecule has 27 heavy (non-hydrogen) atoms. The zero-order valence-corrected chi connectivity index (χ0v) is 14.7. The van der Waals surface area contributed by atoms with Gasteiger partial charge in [-0.1, -0.05) is 30.3 Å². The average molecular weight is 358 g/mol.